The van der Waals surface area contributed by atoms with Crippen LogP contribution in [0.1, 0.15) is 18.2 Å². The van der Waals surface area contributed by atoms with Gasteiger partial charge in [-0.2, -0.15) is 0 Å². The summed E-state index contributed by atoms with van der Waals surface area (Å²) in [6, 6.07) is 4.10. The Labute approximate surface area is 71.6 Å². The Bertz CT molecular complexity index is 401. The van der Waals surface area contributed by atoms with Gasteiger partial charge < -0.3 is 4.98 Å². The highest BCUT2D eigenvalue weighted by atomic mass is 14.9. The summed E-state index contributed by atoms with van der Waals surface area (Å²) in [5.74, 6) is 0. The van der Waals surface area contributed by atoms with Crippen molar-refractivity contribution in [2.45, 2.75) is 20.3 Å². The molecule has 0 spiro atoms. The number of hydrogen-bond donors (Lipinski definition) is 1. The molecule has 2 heterocycles. The zero-order valence-corrected chi connectivity index (χ0v) is 7.39. The van der Waals surface area contributed by atoms with Crippen molar-refractivity contribution >= 4 is 11.0 Å². The van der Waals surface area contributed by atoms with Crippen molar-refractivity contribution in [3.8, 4) is 0 Å². The molecule has 1 N–H and O–H groups in total. The van der Waals surface area contributed by atoms with E-state index in [4.69, 9.17) is 0 Å². The molecule has 0 amide bonds. The molecule has 2 aromatic heterocycles. The Hall–Kier alpha value is -1.31. The normalized spacial score (nSPS) is 10.8. The quantitative estimate of drug-likeness (QED) is 0.682. The van der Waals surface area contributed by atoms with Crippen LogP contribution in [0.2, 0.25) is 0 Å². The molecular weight excluding hydrogens is 148 g/mol. The highest BCUT2D eigenvalue weighted by Crippen LogP contribution is 2.19. The van der Waals surface area contributed by atoms with E-state index in [1.165, 1.54) is 16.6 Å². The van der Waals surface area contributed by atoms with Gasteiger partial charge in [-0.3, -0.25) is 0 Å². The maximum absolute atomic E-state index is 4.26. The number of pyridine rings is 1. The minimum Gasteiger partial charge on any atom is -0.343 e. The Morgan fingerprint density at radius 3 is 3.08 bits per heavy atom. The molecule has 0 unspecified atom stereocenters. The number of aromatic nitrogens is 2. The first-order valence-electron chi connectivity index (χ1n) is 4.25. The Morgan fingerprint density at radius 2 is 2.33 bits per heavy atom. The number of hydrogen-bond acceptors (Lipinski definition) is 1. The zero-order valence-electron chi connectivity index (χ0n) is 7.39. The average molecular weight is 160 g/mol. The fourth-order valence-electron chi connectivity index (χ4n) is 1.66. The molecule has 2 aromatic rings. The fraction of sp³-hybridized carbons (Fsp3) is 0.300. The van der Waals surface area contributed by atoms with Crippen LogP contribution in [-0.4, -0.2) is 9.97 Å². The van der Waals surface area contributed by atoms with Gasteiger partial charge in [0, 0.05) is 17.3 Å². The summed E-state index contributed by atoms with van der Waals surface area (Å²) >= 11 is 0. The van der Waals surface area contributed by atoms with Crippen LogP contribution in [0.5, 0.6) is 0 Å². The van der Waals surface area contributed by atoms with Gasteiger partial charge in [-0.25, -0.2) is 4.98 Å². The standard InChI is InChI=1S/C10H12N2/c1-3-8-7(2)12-10-9(8)5-4-6-11-10/h4-6H,3H2,1-2H3,(H,11,12). The maximum atomic E-state index is 4.26. The monoisotopic (exact) mass is 160 g/mol. The van der Waals surface area contributed by atoms with Crippen LogP contribution in [0.25, 0.3) is 11.0 Å². The highest BCUT2D eigenvalue weighted by Gasteiger charge is 2.05. The number of aromatic amines is 1. The third-order valence-corrected chi connectivity index (χ3v) is 2.24. The number of nitrogens with zero attached hydrogens (tertiary/aromatic N) is 1. The Morgan fingerprint density at radius 1 is 1.50 bits per heavy atom. The lowest BCUT2D eigenvalue weighted by molar-refractivity contribution is 1.11. The summed E-state index contributed by atoms with van der Waals surface area (Å²) in [5, 5.41) is 1.26. The van der Waals surface area contributed by atoms with Gasteiger partial charge in [0.15, 0.2) is 0 Å². The lowest BCUT2D eigenvalue weighted by Crippen LogP contribution is -1.79. The fourth-order valence-corrected chi connectivity index (χ4v) is 1.66. The van der Waals surface area contributed by atoms with Crippen LogP contribution in [-0.2, 0) is 6.42 Å². The van der Waals surface area contributed by atoms with Crippen molar-refractivity contribution in [2.24, 2.45) is 0 Å². The number of nitrogens with one attached hydrogen (secondary N) is 1. The summed E-state index contributed by atoms with van der Waals surface area (Å²) < 4.78 is 0. The van der Waals surface area contributed by atoms with Gasteiger partial charge in [0.1, 0.15) is 5.65 Å². The second kappa shape index (κ2) is 2.63. The molecule has 0 fully saturated rings. The molecule has 0 aliphatic rings. The van der Waals surface area contributed by atoms with E-state index in [0.29, 0.717) is 0 Å². The van der Waals surface area contributed by atoms with Gasteiger partial charge in [-0.1, -0.05) is 6.92 Å². The molecule has 0 aliphatic carbocycles. The van der Waals surface area contributed by atoms with Gasteiger partial charge in [-0.15, -0.1) is 0 Å². The van der Waals surface area contributed by atoms with Crippen molar-refractivity contribution in [2.75, 3.05) is 0 Å². The van der Waals surface area contributed by atoms with Crippen molar-refractivity contribution in [1.82, 2.24) is 9.97 Å². The van der Waals surface area contributed by atoms with Crippen LogP contribution in [0.15, 0.2) is 18.3 Å². The second-order valence-electron chi connectivity index (χ2n) is 2.98. The third kappa shape index (κ3) is 0.916. The van der Waals surface area contributed by atoms with Crippen LogP contribution < -0.4 is 0 Å². The molecule has 0 atom stereocenters. The smallest absolute Gasteiger partial charge is 0.137 e. The molecule has 0 saturated carbocycles. The molecule has 0 saturated heterocycles. The molecular formula is C10H12N2. The molecule has 0 radical (unpaired) electrons. The average Bonchev–Trinajstić information content (AvgIpc) is 2.40. The SMILES string of the molecule is CCc1c(C)[nH]c2ncccc12. The first-order chi connectivity index (χ1) is 5.83. The van der Waals surface area contributed by atoms with Crippen molar-refractivity contribution < 1.29 is 0 Å². The van der Waals surface area contributed by atoms with Crippen molar-refractivity contribution in [1.29, 1.82) is 0 Å². The molecule has 0 aliphatic heterocycles. The van der Waals surface area contributed by atoms with E-state index < -0.39 is 0 Å². The number of rotatable bonds is 1. The third-order valence-electron chi connectivity index (χ3n) is 2.24. The van der Waals surface area contributed by atoms with Crippen molar-refractivity contribution in [3.05, 3.63) is 29.6 Å². The van der Waals surface area contributed by atoms with E-state index in [1.807, 2.05) is 12.3 Å². The molecule has 0 aromatic carbocycles. The van der Waals surface area contributed by atoms with Crippen LogP contribution in [0.3, 0.4) is 0 Å². The van der Waals surface area contributed by atoms with Gasteiger partial charge >= 0.3 is 0 Å². The number of fused-ring (bicyclic) bond motifs is 1. The second-order valence-corrected chi connectivity index (χ2v) is 2.98. The molecule has 12 heavy (non-hydrogen) atoms. The minimum absolute atomic E-state index is 1.01. The predicted molar refractivity (Wildman–Crippen MR) is 50.2 cm³/mol. The van der Waals surface area contributed by atoms with Crippen LogP contribution >= 0.6 is 0 Å². The summed E-state index contributed by atoms with van der Waals surface area (Å²) in [6.45, 7) is 4.27. The minimum atomic E-state index is 1.01. The van der Waals surface area contributed by atoms with Gasteiger partial charge in [-0.05, 0) is 31.0 Å². The summed E-state index contributed by atoms with van der Waals surface area (Å²) in [5.41, 5.74) is 3.64. The van der Waals surface area contributed by atoms with E-state index in [0.717, 1.165) is 12.1 Å². The van der Waals surface area contributed by atoms with Gasteiger partial charge in [0.05, 0.1) is 0 Å². The van der Waals surface area contributed by atoms with Crippen LogP contribution in [0, 0.1) is 6.92 Å². The molecule has 2 heteroatoms. The zero-order chi connectivity index (χ0) is 8.55. The first-order valence-corrected chi connectivity index (χ1v) is 4.25. The number of H-pyrrole nitrogens is 1. The van der Waals surface area contributed by atoms with Gasteiger partial charge in [0.2, 0.25) is 0 Å². The van der Waals surface area contributed by atoms with Gasteiger partial charge in [0.25, 0.3) is 0 Å². The van der Waals surface area contributed by atoms with E-state index >= 15 is 0 Å². The summed E-state index contributed by atoms with van der Waals surface area (Å²) in [7, 11) is 0. The summed E-state index contributed by atoms with van der Waals surface area (Å²) in [6.07, 6.45) is 2.88. The van der Waals surface area contributed by atoms with E-state index in [1.54, 1.807) is 0 Å². The van der Waals surface area contributed by atoms with Crippen LogP contribution in [0.4, 0.5) is 0 Å². The Kier molecular flexibility index (Phi) is 1.61. The van der Waals surface area contributed by atoms with Crippen molar-refractivity contribution in [3.63, 3.8) is 0 Å². The number of aryl methyl sites for hydroxylation is 2. The van der Waals surface area contributed by atoms with E-state index in [-0.39, 0.29) is 0 Å². The lowest BCUT2D eigenvalue weighted by atomic mass is 10.1. The topological polar surface area (TPSA) is 28.7 Å². The molecule has 62 valence electrons. The Balaban J connectivity index is 2.81. The predicted octanol–water partition coefficient (Wildman–Crippen LogP) is 2.43. The lowest BCUT2D eigenvalue weighted by Gasteiger charge is -1.92. The molecule has 0 bridgehead atoms. The molecule has 2 rings (SSSR count). The largest absolute Gasteiger partial charge is 0.343 e. The maximum Gasteiger partial charge on any atom is 0.137 e. The first kappa shape index (κ1) is 7.35. The van der Waals surface area contributed by atoms with E-state index in [2.05, 4.69) is 29.9 Å². The highest BCUT2D eigenvalue weighted by molar-refractivity contribution is 5.80. The molecule has 2 nitrogen and oxygen atoms in total. The summed E-state index contributed by atoms with van der Waals surface area (Å²) in [4.78, 5) is 7.52. The van der Waals surface area contributed by atoms with E-state index in [9.17, 15) is 0 Å².